The predicted molar refractivity (Wildman–Crippen MR) is 91.1 cm³/mol. The maximum absolute atomic E-state index is 12.3. The van der Waals surface area contributed by atoms with Crippen molar-refractivity contribution in [3.05, 3.63) is 23.3 Å². The number of carbonyl (C=O) groups excluding carboxylic acids is 1. The van der Waals surface area contributed by atoms with Crippen molar-refractivity contribution < 1.29 is 4.79 Å². The third-order valence-electron chi connectivity index (χ3n) is 4.74. The zero-order valence-electron chi connectivity index (χ0n) is 13.8. The Labute approximate surface area is 133 Å². The van der Waals surface area contributed by atoms with Crippen LogP contribution in [0.2, 0.25) is 0 Å². The van der Waals surface area contributed by atoms with Crippen LogP contribution in [0.1, 0.15) is 40.0 Å². The highest BCUT2D eigenvalue weighted by Gasteiger charge is 2.27. The van der Waals surface area contributed by atoms with Crippen LogP contribution in [0.25, 0.3) is 0 Å². The maximum atomic E-state index is 12.3. The fourth-order valence-corrected chi connectivity index (χ4v) is 3.89. The van der Waals surface area contributed by atoms with Crippen molar-refractivity contribution in [1.82, 2.24) is 9.21 Å². The smallest absolute Gasteiger partial charge is 0.246 e. The van der Waals surface area contributed by atoms with Crippen molar-refractivity contribution in [2.75, 3.05) is 32.4 Å². The lowest BCUT2D eigenvalue weighted by atomic mass is 9.72. The fourth-order valence-electron chi connectivity index (χ4n) is 3.36. The quantitative estimate of drug-likeness (QED) is 0.589. The summed E-state index contributed by atoms with van der Waals surface area (Å²) in [5, 5.41) is 0. The van der Waals surface area contributed by atoms with Crippen LogP contribution in [0.15, 0.2) is 23.3 Å². The topological polar surface area (TPSA) is 23.6 Å². The van der Waals surface area contributed by atoms with Gasteiger partial charge in [0.25, 0.3) is 0 Å². The molecule has 0 aromatic rings. The lowest BCUT2D eigenvalue weighted by Gasteiger charge is -2.34. The van der Waals surface area contributed by atoms with Crippen molar-refractivity contribution in [2.45, 2.75) is 40.0 Å². The first-order valence-corrected chi connectivity index (χ1v) is 9.08. The van der Waals surface area contributed by atoms with Crippen LogP contribution >= 0.6 is 11.9 Å². The van der Waals surface area contributed by atoms with Crippen LogP contribution in [-0.4, -0.2) is 47.5 Å². The van der Waals surface area contributed by atoms with Crippen LogP contribution in [0.5, 0.6) is 0 Å². The maximum Gasteiger partial charge on any atom is 0.246 e. The number of rotatable bonds is 3. The number of allylic oxidation sites excluding steroid dienone is 3. The predicted octanol–water partition coefficient (Wildman–Crippen LogP) is 3.49. The highest BCUT2D eigenvalue weighted by Crippen LogP contribution is 2.40. The number of nitrogens with zero attached hydrogens (tertiary/aromatic N) is 2. The van der Waals surface area contributed by atoms with E-state index in [1.807, 2.05) is 4.90 Å². The molecule has 2 rings (SSSR count). The van der Waals surface area contributed by atoms with Crippen LogP contribution in [0, 0.1) is 5.41 Å². The fraction of sp³-hybridized carbons (Fsp3) is 0.706. The summed E-state index contributed by atoms with van der Waals surface area (Å²) in [4.78, 5) is 14.3. The number of amides is 1. The van der Waals surface area contributed by atoms with Gasteiger partial charge in [0.1, 0.15) is 0 Å². The van der Waals surface area contributed by atoms with Gasteiger partial charge in [0.2, 0.25) is 5.91 Å². The monoisotopic (exact) mass is 308 g/mol. The van der Waals surface area contributed by atoms with Gasteiger partial charge in [0, 0.05) is 32.3 Å². The van der Waals surface area contributed by atoms with Crippen LogP contribution in [0.4, 0.5) is 0 Å². The minimum atomic E-state index is 0.164. The SMILES string of the molecule is CSN1CCN(C(=O)/C=C/C2=C(C)CCCC2(C)C)CC1. The minimum Gasteiger partial charge on any atom is -0.337 e. The molecule has 1 saturated heterocycles. The van der Waals surface area contributed by atoms with Gasteiger partial charge in [-0.05, 0) is 43.4 Å². The Kier molecular flexibility index (Phi) is 5.55. The Morgan fingerprint density at radius 2 is 1.90 bits per heavy atom. The Bertz CT molecular complexity index is 446. The van der Waals surface area contributed by atoms with Crippen molar-refractivity contribution in [3.8, 4) is 0 Å². The van der Waals surface area contributed by atoms with E-state index < -0.39 is 0 Å². The van der Waals surface area contributed by atoms with Crippen molar-refractivity contribution in [3.63, 3.8) is 0 Å². The molecule has 118 valence electrons. The van der Waals surface area contributed by atoms with Crippen LogP contribution < -0.4 is 0 Å². The normalized spacial score (nSPS) is 23.9. The molecule has 0 N–H and O–H groups in total. The summed E-state index contributed by atoms with van der Waals surface area (Å²) >= 11 is 1.77. The van der Waals surface area contributed by atoms with Crippen LogP contribution in [0.3, 0.4) is 0 Å². The summed E-state index contributed by atoms with van der Waals surface area (Å²) in [5.41, 5.74) is 3.02. The lowest BCUT2D eigenvalue weighted by molar-refractivity contribution is -0.127. The molecule has 0 aromatic heterocycles. The molecule has 4 heteroatoms. The highest BCUT2D eigenvalue weighted by atomic mass is 32.2. The molecule has 21 heavy (non-hydrogen) atoms. The first-order valence-electron chi connectivity index (χ1n) is 7.90. The van der Waals surface area contributed by atoms with E-state index in [1.165, 1.54) is 30.4 Å². The van der Waals surface area contributed by atoms with Gasteiger partial charge in [0.15, 0.2) is 0 Å². The van der Waals surface area contributed by atoms with Gasteiger partial charge < -0.3 is 4.90 Å². The molecule has 0 saturated carbocycles. The first kappa shape index (κ1) is 16.6. The van der Waals surface area contributed by atoms with E-state index in [0.717, 1.165) is 26.2 Å². The summed E-state index contributed by atoms with van der Waals surface area (Å²) in [6.07, 6.45) is 9.62. The molecule has 1 heterocycles. The van der Waals surface area contributed by atoms with E-state index in [2.05, 4.69) is 37.4 Å². The summed E-state index contributed by atoms with van der Waals surface area (Å²) in [5.74, 6) is 0.164. The third-order valence-corrected chi connectivity index (χ3v) is 5.63. The van der Waals surface area contributed by atoms with E-state index in [9.17, 15) is 4.79 Å². The Hall–Kier alpha value is -0.740. The molecule has 3 nitrogen and oxygen atoms in total. The molecule has 1 aliphatic heterocycles. The summed E-state index contributed by atoms with van der Waals surface area (Å²) in [6, 6.07) is 0. The number of hydrogen-bond acceptors (Lipinski definition) is 3. The largest absolute Gasteiger partial charge is 0.337 e. The van der Waals surface area contributed by atoms with E-state index >= 15 is 0 Å². The Morgan fingerprint density at radius 1 is 1.24 bits per heavy atom. The molecule has 0 radical (unpaired) electrons. The van der Waals surface area contributed by atoms with Crippen molar-refractivity contribution in [1.29, 1.82) is 0 Å². The molecular weight excluding hydrogens is 280 g/mol. The molecule has 1 fully saturated rings. The second-order valence-corrected chi connectivity index (χ2v) is 7.58. The standard InChI is InChI=1S/C17H28N2OS/c1-14-6-5-9-17(2,3)15(14)7-8-16(20)18-10-12-19(21-4)13-11-18/h7-8H,5-6,9-13H2,1-4H3/b8-7+. The number of hydrogen-bond donors (Lipinski definition) is 0. The van der Waals surface area contributed by atoms with E-state index in [1.54, 1.807) is 18.0 Å². The van der Waals surface area contributed by atoms with E-state index in [4.69, 9.17) is 0 Å². The molecule has 0 aromatic carbocycles. The molecular formula is C17H28N2OS. The first-order chi connectivity index (χ1) is 9.94. The molecule has 0 atom stereocenters. The molecule has 0 bridgehead atoms. The Morgan fingerprint density at radius 3 is 2.48 bits per heavy atom. The molecule has 1 aliphatic carbocycles. The molecule has 2 aliphatic rings. The zero-order valence-corrected chi connectivity index (χ0v) is 14.6. The van der Waals surface area contributed by atoms with Gasteiger partial charge in [0.05, 0.1) is 0 Å². The molecule has 1 amide bonds. The highest BCUT2D eigenvalue weighted by molar-refractivity contribution is 7.96. The van der Waals surface area contributed by atoms with E-state index in [-0.39, 0.29) is 11.3 Å². The van der Waals surface area contributed by atoms with E-state index in [0.29, 0.717) is 0 Å². The van der Waals surface area contributed by atoms with Gasteiger partial charge in [-0.1, -0.05) is 37.4 Å². The van der Waals surface area contributed by atoms with Gasteiger partial charge >= 0.3 is 0 Å². The second-order valence-electron chi connectivity index (χ2n) is 6.70. The van der Waals surface area contributed by atoms with Gasteiger partial charge in [-0.15, -0.1) is 0 Å². The van der Waals surface area contributed by atoms with Gasteiger partial charge in [-0.3, -0.25) is 4.79 Å². The summed E-state index contributed by atoms with van der Waals surface area (Å²) < 4.78 is 2.31. The zero-order chi connectivity index (χ0) is 15.5. The minimum absolute atomic E-state index is 0.164. The van der Waals surface area contributed by atoms with Crippen LogP contribution in [-0.2, 0) is 4.79 Å². The summed E-state index contributed by atoms with van der Waals surface area (Å²) in [7, 11) is 0. The summed E-state index contributed by atoms with van der Waals surface area (Å²) in [6.45, 7) is 10.4. The van der Waals surface area contributed by atoms with Crippen molar-refractivity contribution >= 4 is 17.9 Å². The number of piperazine rings is 1. The Balaban J connectivity index is 1.99. The molecule has 0 spiro atoms. The van der Waals surface area contributed by atoms with Gasteiger partial charge in [-0.25, -0.2) is 4.31 Å². The average molecular weight is 308 g/mol. The van der Waals surface area contributed by atoms with Gasteiger partial charge in [-0.2, -0.15) is 0 Å². The number of carbonyl (C=O) groups is 1. The average Bonchev–Trinajstić information content (AvgIpc) is 2.46. The second kappa shape index (κ2) is 7.01. The third kappa shape index (κ3) is 4.13. The lowest BCUT2D eigenvalue weighted by Crippen LogP contribution is -2.45. The molecule has 0 unspecified atom stereocenters. The van der Waals surface area contributed by atoms with Crippen molar-refractivity contribution in [2.24, 2.45) is 5.41 Å².